The van der Waals surface area contributed by atoms with Crippen molar-refractivity contribution in [1.29, 1.82) is 0 Å². The number of allylic oxidation sites excluding steroid dienone is 2. The number of rotatable bonds is 5. The Labute approximate surface area is 196 Å². The van der Waals surface area contributed by atoms with Crippen molar-refractivity contribution in [3.63, 3.8) is 0 Å². The lowest BCUT2D eigenvalue weighted by Crippen LogP contribution is -2.33. The summed E-state index contributed by atoms with van der Waals surface area (Å²) in [6.07, 6.45) is 6.08. The molecule has 1 heterocycles. The first-order valence-electron chi connectivity index (χ1n) is 12.4. The molecule has 2 aliphatic carbocycles. The minimum absolute atomic E-state index is 0.194. The van der Waals surface area contributed by atoms with Crippen LogP contribution < -0.4 is 4.74 Å². The lowest BCUT2D eigenvalue weighted by atomic mass is 9.80. The Balaban J connectivity index is 1.28. The summed E-state index contributed by atoms with van der Waals surface area (Å²) < 4.78 is 6.09. The van der Waals surface area contributed by atoms with Crippen LogP contribution in [-0.4, -0.2) is 36.2 Å². The molecule has 1 unspecified atom stereocenters. The topological polar surface area (TPSA) is 32.7 Å². The molecule has 1 saturated heterocycles. The van der Waals surface area contributed by atoms with Gasteiger partial charge in [-0.3, -0.25) is 4.90 Å². The van der Waals surface area contributed by atoms with Gasteiger partial charge in [-0.1, -0.05) is 48.9 Å². The van der Waals surface area contributed by atoms with E-state index >= 15 is 0 Å². The number of ether oxygens (including phenoxy) is 1. The molecule has 6 rings (SSSR count). The van der Waals surface area contributed by atoms with Crippen LogP contribution in [0, 0.1) is 0 Å². The van der Waals surface area contributed by atoms with Gasteiger partial charge in [-0.05, 0) is 102 Å². The van der Waals surface area contributed by atoms with Crippen LogP contribution in [0.15, 0.2) is 66.7 Å². The Kier molecular flexibility index (Phi) is 5.43. The van der Waals surface area contributed by atoms with Gasteiger partial charge in [0.05, 0.1) is 0 Å². The van der Waals surface area contributed by atoms with Crippen LogP contribution >= 0.6 is 0 Å². The predicted octanol–water partition coefficient (Wildman–Crippen LogP) is 6.26. The Morgan fingerprint density at radius 1 is 0.848 bits per heavy atom. The highest BCUT2D eigenvalue weighted by Gasteiger charge is 2.36. The molecule has 1 aliphatic heterocycles. The molecule has 0 radical (unpaired) electrons. The van der Waals surface area contributed by atoms with Gasteiger partial charge in [0.15, 0.2) is 0 Å². The van der Waals surface area contributed by atoms with Crippen molar-refractivity contribution in [2.45, 2.75) is 38.0 Å². The SMILES string of the molecule is Oc1ccc2c(c1)C1=C(c3ccccc3CC1)C2c1ccc(OCCN2CCCCC2)cc1. The summed E-state index contributed by atoms with van der Waals surface area (Å²) in [5.41, 5.74) is 9.39. The van der Waals surface area contributed by atoms with Crippen molar-refractivity contribution >= 4 is 11.1 Å². The average molecular weight is 438 g/mol. The number of piperidine rings is 1. The molecule has 3 aromatic carbocycles. The van der Waals surface area contributed by atoms with Crippen molar-refractivity contribution in [3.8, 4) is 11.5 Å². The van der Waals surface area contributed by atoms with E-state index < -0.39 is 0 Å². The Morgan fingerprint density at radius 2 is 1.67 bits per heavy atom. The van der Waals surface area contributed by atoms with Crippen LogP contribution in [0.3, 0.4) is 0 Å². The van der Waals surface area contributed by atoms with E-state index in [9.17, 15) is 5.11 Å². The highest BCUT2D eigenvalue weighted by molar-refractivity contribution is 6.03. The zero-order valence-electron chi connectivity index (χ0n) is 19.1. The van der Waals surface area contributed by atoms with Gasteiger partial charge in [0.25, 0.3) is 0 Å². The molecule has 0 bridgehead atoms. The molecule has 1 atom stereocenters. The van der Waals surface area contributed by atoms with Crippen LogP contribution in [0.2, 0.25) is 0 Å². The number of hydrogen-bond donors (Lipinski definition) is 1. The number of aryl methyl sites for hydroxylation is 1. The number of nitrogens with zero attached hydrogens (tertiary/aromatic N) is 1. The van der Waals surface area contributed by atoms with Gasteiger partial charge in [-0.15, -0.1) is 0 Å². The van der Waals surface area contributed by atoms with E-state index in [0.717, 1.165) is 31.7 Å². The molecule has 0 amide bonds. The van der Waals surface area contributed by atoms with Gasteiger partial charge in [0.2, 0.25) is 0 Å². The summed E-state index contributed by atoms with van der Waals surface area (Å²) in [6.45, 7) is 4.16. The number of fused-ring (bicyclic) bond motifs is 4. The fourth-order valence-electron chi connectivity index (χ4n) is 5.96. The van der Waals surface area contributed by atoms with Crippen molar-refractivity contribution < 1.29 is 9.84 Å². The molecule has 33 heavy (non-hydrogen) atoms. The summed E-state index contributed by atoms with van der Waals surface area (Å²) >= 11 is 0. The summed E-state index contributed by atoms with van der Waals surface area (Å²) in [6, 6.07) is 23.4. The quantitative estimate of drug-likeness (QED) is 0.511. The van der Waals surface area contributed by atoms with Crippen molar-refractivity contribution in [1.82, 2.24) is 4.90 Å². The highest BCUT2D eigenvalue weighted by Crippen LogP contribution is 2.54. The van der Waals surface area contributed by atoms with Crippen molar-refractivity contribution in [3.05, 3.63) is 94.5 Å². The van der Waals surface area contributed by atoms with Gasteiger partial charge in [-0.2, -0.15) is 0 Å². The van der Waals surface area contributed by atoms with E-state index in [1.807, 2.05) is 12.1 Å². The maximum atomic E-state index is 10.2. The first-order chi connectivity index (χ1) is 16.3. The van der Waals surface area contributed by atoms with E-state index in [4.69, 9.17) is 4.74 Å². The van der Waals surface area contributed by atoms with Gasteiger partial charge >= 0.3 is 0 Å². The molecule has 3 heteroatoms. The second kappa shape index (κ2) is 8.72. The second-order valence-electron chi connectivity index (χ2n) is 9.57. The maximum Gasteiger partial charge on any atom is 0.119 e. The summed E-state index contributed by atoms with van der Waals surface area (Å²) in [5.74, 6) is 1.48. The van der Waals surface area contributed by atoms with Crippen LogP contribution in [0.4, 0.5) is 0 Å². The lowest BCUT2D eigenvalue weighted by molar-refractivity contribution is 0.183. The molecule has 3 aliphatic rings. The minimum atomic E-state index is 0.194. The Hall–Kier alpha value is -3.04. The third-order valence-electron chi connectivity index (χ3n) is 7.58. The Morgan fingerprint density at radius 3 is 2.52 bits per heavy atom. The fraction of sp³-hybridized carbons (Fsp3) is 0.333. The molecule has 1 fully saturated rings. The number of phenolic OH excluding ortho intramolecular Hbond substituents is 1. The molecular formula is C30H31NO2. The molecular weight excluding hydrogens is 406 g/mol. The zero-order valence-corrected chi connectivity index (χ0v) is 19.1. The molecule has 3 aromatic rings. The summed E-state index contributed by atoms with van der Waals surface area (Å²) in [5, 5.41) is 10.2. The molecule has 0 spiro atoms. The minimum Gasteiger partial charge on any atom is -0.508 e. The second-order valence-corrected chi connectivity index (χ2v) is 9.57. The van der Waals surface area contributed by atoms with Gasteiger partial charge in [-0.25, -0.2) is 0 Å². The first-order valence-corrected chi connectivity index (χ1v) is 12.4. The van der Waals surface area contributed by atoms with Gasteiger partial charge in [0.1, 0.15) is 18.1 Å². The lowest BCUT2D eigenvalue weighted by Gasteiger charge is -2.26. The molecule has 0 saturated carbocycles. The first kappa shape index (κ1) is 20.6. The van der Waals surface area contributed by atoms with Gasteiger partial charge < -0.3 is 9.84 Å². The Bertz CT molecular complexity index is 1190. The van der Waals surface area contributed by atoms with Crippen LogP contribution in [0.25, 0.3) is 11.1 Å². The highest BCUT2D eigenvalue weighted by atomic mass is 16.5. The van der Waals surface area contributed by atoms with Crippen LogP contribution in [0.5, 0.6) is 11.5 Å². The van der Waals surface area contributed by atoms with E-state index in [0.29, 0.717) is 5.75 Å². The van der Waals surface area contributed by atoms with Gasteiger partial charge in [0, 0.05) is 12.5 Å². The molecule has 0 aromatic heterocycles. The normalized spacial score (nSPS) is 19.7. The smallest absolute Gasteiger partial charge is 0.119 e. The fourth-order valence-corrected chi connectivity index (χ4v) is 5.96. The molecule has 3 nitrogen and oxygen atoms in total. The van der Waals surface area contributed by atoms with Crippen LogP contribution in [0.1, 0.15) is 59.4 Å². The van der Waals surface area contributed by atoms with E-state index in [1.54, 1.807) is 0 Å². The van der Waals surface area contributed by atoms with E-state index in [2.05, 4.69) is 59.5 Å². The van der Waals surface area contributed by atoms with E-state index in [1.165, 1.54) is 71.3 Å². The molecule has 1 N–H and O–H groups in total. The zero-order chi connectivity index (χ0) is 22.2. The molecule has 168 valence electrons. The monoisotopic (exact) mass is 437 g/mol. The number of hydrogen-bond acceptors (Lipinski definition) is 3. The third kappa shape index (κ3) is 3.85. The van der Waals surface area contributed by atoms with Crippen LogP contribution in [-0.2, 0) is 6.42 Å². The number of aromatic hydroxyl groups is 1. The van der Waals surface area contributed by atoms with E-state index in [-0.39, 0.29) is 5.92 Å². The number of likely N-dealkylation sites (tertiary alicyclic amines) is 1. The average Bonchev–Trinajstić information content (AvgIpc) is 3.19. The standard InChI is InChI=1S/C30H31NO2/c32-23-11-15-26-28(20-23)27-14-10-21-6-2-3-7-25(21)30(27)29(26)22-8-12-24(13-9-22)33-19-18-31-16-4-1-5-17-31/h2-3,6-9,11-13,15,20,29,32H,1,4-5,10,14,16-19H2. The number of phenols is 1. The summed E-state index contributed by atoms with van der Waals surface area (Å²) in [7, 11) is 0. The maximum absolute atomic E-state index is 10.2. The predicted molar refractivity (Wildman–Crippen MR) is 134 cm³/mol. The van der Waals surface area contributed by atoms with Crippen molar-refractivity contribution in [2.75, 3.05) is 26.2 Å². The third-order valence-corrected chi connectivity index (χ3v) is 7.58. The largest absolute Gasteiger partial charge is 0.508 e. The summed E-state index contributed by atoms with van der Waals surface area (Å²) in [4.78, 5) is 2.51. The van der Waals surface area contributed by atoms with Crippen molar-refractivity contribution in [2.24, 2.45) is 0 Å². The number of benzene rings is 3.